The Hall–Kier alpha value is -0.160. The summed E-state index contributed by atoms with van der Waals surface area (Å²) in [6.07, 6.45) is 1.32. The van der Waals surface area contributed by atoms with Gasteiger partial charge in [-0.15, -0.1) is 0 Å². The van der Waals surface area contributed by atoms with Crippen molar-refractivity contribution >= 4 is 0 Å². The van der Waals surface area contributed by atoms with Crippen molar-refractivity contribution in [2.75, 3.05) is 40.5 Å². The van der Waals surface area contributed by atoms with Gasteiger partial charge in [-0.3, -0.25) is 0 Å². The Morgan fingerprint density at radius 1 is 1.20 bits per heavy atom. The molecule has 0 rings (SSSR count). The van der Waals surface area contributed by atoms with Gasteiger partial charge in [0.1, 0.15) is 0 Å². The van der Waals surface area contributed by atoms with E-state index in [0.29, 0.717) is 12.6 Å². The predicted octanol–water partition coefficient (Wildman–Crippen LogP) is 0.626. The van der Waals surface area contributed by atoms with Crippen molar-refractivity contribution in [2.45, 2.75) is 32.4 Å². The number of methoxy groups -OCH3 is 2. The molecule has 2 unspecified atom stereocenters. The lowest BCUT2D eigenvalue weighted by molar-refractivity contribution is 0.0277. The highest BCUT2D eigenvalue weighted by molar-refractivity contribution is 4.67. The summed E-state index contributed by atoms with van der Waals surface area (Å²) in [5, 5.41) is 6.78. The molecule has 0 aromatic heterocycles. The number of rotatable bonds is 10. The van der Waals surface area contributed by atoms with Crippen molar-refractivity contribution in [3.63, 3.8) is 0 Å². The third kappa shape index (κ3) is 8.81. The Balaban J connectivity index is 3.45. The second-order valence-corrected chi connectivity index (χ2v) is 3.83. The van der Waals surface area contributed by atoms with E-state index in [1.54, 1.807) is 14.2 Å². The third-order valence-electron chi connectivity index (χ3n) is 2.26. The van der Waals surface area contributed by atoms with E-state index >= 15 is 0 Å². The van der Waals surface area contributed by atoms with Gasteiger partial charge in [0.25, 0.3) is 0 Å². The maximum Gasteiger partial charge on any atom is 0.0928 e. The van der Waals surface area contributed by atoms with Crippen LogP contribution in [0.5, 0.6) is 0 Å². The molecule has 2 atom stereocenters. The summed E-state index contributed by atoms with van der Waals surface area (Å²) >= 11 is 0. The molecule has 4 heteroatoms. The van der Waals surface area contributed by atoms with E-state index in [4.69, 9.17) is 9.47 Å². The molecule has 0 aromatic rings. The minimum atomic E-state index is 0.142. The average molecular weight is 218 g/mol. The summed E-state index contributed by atoms with van der Waals surface area (Å²) < 4.78 is 10.3. The quantitative estimate of drug-likeness (QED) is 0.528. The molecule has 92 valence electrons. The lowest BCUT2D eigenvalue weighted by Crippen LogP contribution is -2.42. The Kier molecular flexibility index (Phi) is 10.3. The van der Waals surface area contributed by atoms with Crippen molar-refractivity contribution in [1.29, 1.82) is 0 Å². The van der Waals surface area contributed by atoms with Crippen LogP contribution in [0.1, 0.15) is 20.3 Å². The first-order valence-corrected chi connectivity index (χ1v) is 5.70. The van der Waals surface area contributed by atoms with Crippen LogP contribution in [0, 0.1) is 0 Å². The minimum absolute atomic E-state index is 0.142. The summed E-state index contributed by atoms with van der Waals surface area (Å²) in [5.74, 6) is 0. The van der Waals surface area contributed by atoms with Crippen LogP contribution in [0.25, 0.3) is 0 Å². The van der Waals surface area contributed by atoms with Gasteiger partial charge in [0, 0.05) is 33.4 Å². The molecule has 2 N–H and O–H groups in total. The van der Waals surface area contributed by atoms with Gasteiger partial charge in [-0.25, -0.2) is 0 Å². The standard InChI is InChI=1S/C11H26N2O2/c1-5-6-12-7-10(2)13-8-11(15-4)9-14-3/h10-13H,5-9H2,1-4H3. The minimum Gasteiger partial charge on any atom is -0.382 e. The van der Waals surface area contributed by atoms with Crippen molar-refractivity contribution in [3.8, 4) is 0 Å². The molecular weight excluding hydrogens is 192 g/mol. The van der Waals surface area contributed by atoms with E-state index in [-0.39, 0.29) is 6.10 Å². The Morgan fingerprint density at radius 3 is 2.47 bits per heavy atom. The van der Waals surface area contributed by atoms with Crippen LogP contribution in [-0.2, 0) is 9.47 Å². The molecule has 0 fully saturated rings. The molecule has 0 aromatic carbocycles. The van der Waals surface area contributed by atoms with E-state index < -0.39 is 0 Å². The molecule has 0 radical (unpaired) electrons. The van der Waals surface area contributed by atoms with E-state index in [1.807, 2.05) is 0 Å². The van der Waals surface area contributed by atoms with Gasteiger partial charge in [0.05, 0.1) is 12.7 Å². The monoisotopic (exact) mass is 218 g/mol. The van der Waals surface area contributed by atoms with Crippen LogP contribution in [0.15, 0.2) is 0 Å². The fraction of sp³-hybridized carbons (Fsp3) is 1.00. The SMILES string of the molecule is CCCNCC(C)NCC(COC)OC. The Bertz CT molecular complexity index is 134. The summed E-state index contributed by atoms with van der Waals surface area (Å²) in [6, 6.07) is 0.464. The molecular formula is C11H26N2O2. The van der Waals surface area contributed by atoms with Gasteiger partial charge in [0.15, 0.2) is 0 Å². The van der Waals surface area contributed by atoms with Crippen molar-refractivity contribution in [1.82, 2.24) is 10.6 Å². The van der Waals surface area contributed by atoms with Gasteiger partial charge in [-0.1, -0.05) is 6.92 Å². The smallest absolute Gasteiger partial charge is 0.0928 e. The highest BCUT2D eigenvalue weighted by atomic mass is 16.5. The second-order valence-electron chi connectivity index (χ2n) is 3.83. The summed E-state index contributed by atoms with van der Waals surface area (Å²) in [6.45, 7) is 7.89. The molecule has 0 heterocycles. The fourth-order valence-corrected chi connectivity index (χ4v) is 1.30. The van der Waals surface area contributed by atoms with Crippen molar-refractivity contribution < 1.29 is 9.47 Å². The van der Waals surface area contributed by atoms with Crippen LogP contribution in [0.3, 0.4) is 0 Å². The highest BCUT2D eigenvalue weighted by Gasteiger charge is 2.08. The van der Waals surface area contributed by atoms with E-state index in [1.165, 1.54) is 6.42 Å². The number of hydrogen-bond donors (Lipinski definition) is 2. The predicted molar refractivity (Wildman–Crippen MR) is 63.3 cm³/mol. The maximum absolute atomic E-state index is 5.26. The van der Waals surface area contributed by atoms with Crippen LogP contribution in [0.4, 0.5) is 0 Å². The average Bonchev–Trinajstić information content (AvgIpc) is 2.24. The summed E-state index contributed by atoms with van der Waals surface area (Å²) in [7, 11) is 3.41. The van der Waals surface area contributed by atoms with Crippen LogP contribution in [0.2, 0.25) is 0 Å². The first kappa shape index (κ1) is 14.8. The second kappa shape index (κ2) is 10.4. The number of ether oxygens (including phenoxy) is 2. The normalized spacial score (nSPS) is 15.2. The van der Waals surface area contributed by atoms with Gasteiger partial charge in [-0.2, -0.15) is 0 Å². The van der Waals surface area contributed by atoms with Crippen LogP contribution in [-0.4, -0.2) is 52.6 Å². The number of hydrogen-bond acceptors (Lipinski definition) is 4. The van der Waals surface area contributed by atoms with Crippen LogP contribution >= 0.6 is 0 Å². The zero-order valence-corrected chi connectivity index (χ0v) is 10.5. The fourth-order valence-electron chi connectivity index (χ4n) is 1.30. The van der Waals surface area contributed by atoms with Gasteiger partial charge in [-0.05, 0) is 19.9 Å². The molecule has 0 spiro atoms. The van der Waals surface area contributed by atoms with Crippen molar-refractivity contribution in [3.05, 3.63) is 0 Å². The lowest BCUT2D eigenvalue weighted by atomic mass is 10.3. The maximum atomic E-state index is 5.26. The van der Waals surface area contributed by atoms with E-state index in [0.717, 1.165) is 19.6 Å². The lowest BCUT2D eigenvalue weighted by Gasteiger charge is -2.19. The summed E-state index contributed by atoms with van der Waals surface area (Å²) in [5.41, 5.74) is 0. The van der Waals surface area contributed by atoms with Gasteiger partial charge >= 0.3 is 0 Å². The number of nitrogens with one attached hydrogen (secondary N) is 2. The largest absolute Gasteiger partial charge is 0.382 e. The molecule has 0 saturated heterocycles. The molecule has 0 saturated carbocycles. The molecule has 4 nitrogen and oxygen atoms in total. The molecule has 0 aliphatic rings. The zero-order valence-electron chi connectivity index (χ0n) is 10.5. The Labute approximate surface area is 93.7 Å². The first-order chi connectivity index (χ1) is 7.24. The van der Waals surface area contributed by atoms with Crippen LogP contribution < -0.4 is 10.6 Å². The van der Waals surface area contributed by atoms with E-state index in [9.17, 15) is 0 Å². The third-order valence-corrected chi connectivity index (χ3v) is 2.26. The molecule has 0 bridgehead atoms. The first-order valence-electron chi connectivity index (χ1n) is 5.70. The van der Waals surface area contributed by atoms with Gasteiger partial charge in [0.2, 0.25) is 0 Å². The molecule has 0 aliphatic heterocycles. The van der Waals surface area contributed by atoms with Crippen molar-refractivity contribution in [2.24, 2.45) is 0 Å². The van der Waals surface area contributed by atoms with Gasteiger partial charge < -0.3 is 20.1 Å². The summed E-state index contributed by atoms with van der Waals surface area (Å²) in [4.78, 5) is 0. The molecule has 0 amide bonds. The molecule has 0 aliphatic carbocycles. The topological polar surface area (TPSA) is 42.5 Å². The Morgan fingerprint density at radius 2 is 1.93 bits per heavy atom. The highest BCUT2D eigenvalue weighted by Crippen LogP contribution is 1.90. The zero-order chi connectivity index (χ0) is 11.5. The van der Waals surface area contributed by atoms with E-state index in [2.05, 4.69) is 24.5 Å². The molecule has 15 heavy (non-hydrogen) atoms.